The minimum atomic E-state index is -0.170. The largest absolute Gasteiger partial charge is 0.492 e. The highest BCUT2D eigenvalue weighted by molar-refractivity contribution is 5.93. The molecule has 0 unspecified atom stereocenters. The van der Waals surface area contributed by atoms with Crippen LogP contribution in [0.3, 0.4) is 0 Å². The Kier molecular flexibility index (Phi) is 4.51. The Bertz CT molecular complexity index is 679. The van der Waals surface area contributed by atoms with E-state index in [1.807, 2.05) is 62.4 Å². The van der Waals surface area contributed by atoms with E-state index >= 15 is 0 Å². The van der Waals surface area contributed by atoms with Gasteiger partial charge in [-0.05, 0) is 56.2 Å². The molecule has 1 amide bonds. The van der Waals surface area contributed by atoms with Crippen molar-refractivity contribution in [2.75, 3.05) is 11.9 Å². The van der Waals surface area contributed by atoms with Gasteiger partial charge in [0.25, 0.3) is 0 Å². The van der Waals surface area contributed by atoms with Crippen LogP contribution in [0.2, 0.25) is 0 Å². The van der Waals surface area contributed by atoms with Crippen LogP contribution < -0.4 is 14.8 Å². The van der Waals surface area contributed by atoms with Gasteiger partial charge in [-0.2, -0.15) is 0 Å². The van der Waals surface area contributed by atoms with Crippen LogP contribution in [0.4, 0.5) is 5.69 Å². The third-order valence-corrected chi connectivity index (χ3v) is 3.74. The van der Waals surface area contributed by atoms with Crippen molar-refractivity contribution in [2.45, 2.75) is 26.4 Å². The highest BCUT2D eigenvalue weighted by atomic mass is 16.5. The van der Waals surface area contributed by atoms with Gasteiger partial charge in [0, 0.05) is 5.69 Å². The molecule has 4 nitrogen and oxygen atoms in total. The van der Waals surface area contributed by atoms with Crippen molar-refractivity contribution in [1.29, 1.82) is 0 Å². The van der Waals surface area contributed by atoms with Crippen LogP contribution in [0.15, 0.2) is 48.5 Å². The summed E-state index contributed by atoms with van der Waals surface area (Å²) in [6.45, 7) is 4.38. The summed E-state index contributed by atoms with van der Waals surface area (Å²) >= 11 is 0. The van der Waals surface area contributed by atoms with Crippen LogP contribution in [0.5, 0.6) is 11.5 Å². The van der Waals surface area contributed by atoms with E-state index in [0.29, 0.717) is 13.0 Å². The number of benzene rings is 2. The third kappa shape index (κ3) is 3.83. The second-order valence-electron chi connectivity index (χ2n) is 6.00. The van der Waals surface area contributed by atoms with Crippen molar-refractivity contribution in [3.05, 3.63) is 54.1 Å². The monoisotopic (exact) mass is 311 g/mol. The number of para-hydroxylation sites is 1. The predicted octanol–water partition coefficient (Wildman–Crippen LogP) is 3.66. The van der Waals surface area contributed by atoms with Crippen LogP contribution >= 0.6 is 0 Å². The van der Waals surface area contributed by atoms with Crippen LogP contribution in [0.25, 0.3) is 0 Å². The molecule has 1 N–H and O–H groups in total. The lowest BCUT2D eigenvalue weighted by Crippen LogP contribution is -2.32. The van der Waals surface area contributed by atoms with E-state index in [9.17, 15) is 4.79 Å². The van der Waals surface area contributed by atoms with E-state index in [1.54, 1.807) is 0 Å². The van der Waals surface area contributed by atoms with Gasteiger partial charge in [-0.1, -0.05) is 18.2 Å². The van der Waals surface area contributed by atoms with Gasteiger partial charge in [-0.15, -0.1) is 0 Å². The van der Waals surface area contributed by atoms with Gasteiger partial charge < -0.3 is 14.8 Å². The zero-order chi connectivity index (χ0) is 16.2. The number of carbonyl (C=O) groups is 1. The topological polar surface area (TPSA) is 47.6 Å². The summed E-state index contributed by atoms with van der Waals surface area (Å²) in [5.74, 6) is 1.49. The summed E-state index contributed by atoms with van der Waals surface area (Å²) in [4.78, 5) is 12.4. The van der Waals surface area contributed by atoms with Gasteiger partial charge in [0.15, 0.2) is 0 Å². The van der Waals surface area contributed by atoms with Crippen molar-refractivity contribution < 1.29 is 14.3 Å². The lowest BCUT2D eigenvalue weighted by molar-refractivity contribution is -0.121. The Morgan fingerprint density at radius 2 is 1.91 bits per heavy atom. The molecule has 0 bridgehead atoms. The fourth-order valence-corrected chi connectivity index (χ4v) is 2.63. The molecule has 23 heavy (non-hydrogen) atoms. The summed E-state index contributed by atoms with van der Waals surface area (Å²) in [6, 6.07) is 15.3. The summed E-state index contributed by atoms with van der Waals surface area (Å²) in [7, 11) is 0. The fraction of sp³-hybridized carbons (Fsp3) is 0.316. The number of hydrogen-bond donors (Lipinski definition) is 1. The van der Waals surface area contributed by atoms with Crippen LogP contribution in [0.1, 0.15) is 19.4 Å². The maximum atomic E-state index is 12.4. The maximum Gasteiger partial charge on any atom is 0.231 e. The molecule has 1 aliphatic heterocycles. The molecule has 0 fully saturated rings. The zero-order valence-corrected chi connectivity index (χ0v) is 13.4. The smallest absolute Gasteiger partial charge is 0.231 e. The lowest BCUT2D eigenvalue weighted by Gasteiger charge is -2.24. The first-order valence-electron chi connectivity index (χ1n) is 7.90. The maximum absolute atomic E-state index is 12.4. The standard InChI is InChI=1S/C19H21NO3/c1-13(2)23-17-9-7-16(8-10-17)20-19(21)15-11-14-5-3-4-6-18(14)22-12-15/h3-10,13,15H,11-12H2,1-2H3,(H,20,21)/t15-/m0/s1. The SMILES string of the molecule is CC(C)Oc1ccc(NC(=O)[C@@H]2COc3ccccc3C2)cc1. The Hall–Kier alpha value is -2.49. The molecule has 1 aliphatic rings. The second kappa shape index (κ2) is 6.73. The van der Waals surface area contributed by atoms with E-state index in [1.165, 1.54) is 0 Å². The molecule has 0 radical (unpaired) electrons. The number of amides is 1. The van der Waals surface area contributed by atoms with Crippen LogP contribution in [-0.4, -0.2) is 18.6 Å². The molecule has 120 valence electrons. The molecule has 4 heteroatoms. The Morgan fingerprint density at radius 3 is 2.65 bits per heavy atom. The van der Waals surface area contributed by atoms with Crippen LogP contribution in [0, 0.1) is 5.92 Å². The number of fused-ring (bicyclic) bond motifs is 1. The third-order valence-electron chi connectivity index (χ3n) is 3.74. The number of ether oxygens (including phenoxy) is 2. The molecule has 1 heterocycles. The minimum absolute atomic E-state index is 0.0166. The summed E-state index contributed by atoms with van der Waals surface area (Å²) in [5.41, 5.74) is 1.85. The number of carbonyl (C=O) groups excluding carboxylic acids is 1. The number of anilines is 1. The molecule has 0 saturated carbocycles. The van der Waals surface area contributed by atoms with Gasteiger partial charge in [-0.3, -0.25) is 4.79 Å². The van der Waals surface area contributed by atoms with E-state index in [0.717, 1.165) is 22.7 Å². The molecule has 0 saturated heterocycles. The molecular formula is C19H21NO3. The predicted molar refractivity (Wildman–Crippen MR) is 90.0 cm³/mol. The van der Waals surface area contributed by atoms with E-state index in [2.05, 4.69) is 5.32 Å². The molecule has 0 spiro atoms. The van der Waals surface area contributed by atoms with Crippen LogP contribution in [-0.2, 0) is 11.2 Å². The minimum Gasteiger partial charge on any atom is -0.492 e. The van der Waals surface area contributed by atoms with Gasteiger partial charge in [-0.25, -0.2) is 0 Å². The van der Waals surface area contributed by atoms with Crippen molar-refractivity contribution >= 4 is 11.6 Å². The second-order valence-corrected chi connectivity index (χ2v) is 6.00. The number of rotatable bonds is 4. The van der Waals surface area contributed by atoms with Gasteiger partial charge in [0.2, 0.25) is 5.91 Å². The summed E-state index contributed by atoms with van der Waals surface area (Å²) in [6.07, 6.45) is 0.839. The highest BCUT2D eigenvalue weighted by Gasteiger charge is 2.25. The van der Waals surface area contributed by atoms with Crippen molar-refractivity contribution in [3.8, 4) is 11.5 Å². The first-order valence-corrected chi connectivity index (χ1v) is 7.90. The van der Waals surface area contributed by atoms with E-state index in [-0.39, 0.29) is 17.9 Å². The van der Waals surface area contributed by atoms with E-state index in [4.69, 9.17) is 9.47 Å². The Labute approximate surface area is 136 Å². The Morgan fingerprint density at radius 1 is 1.17 bits per heavy atom. The number of nitrogens with one attached hydrogen (secondary N) is 1. The first-order chi connectivity index (χ1) is 11.1. The van der Waals surface area contributed by atoms with Gasteiger partial charge >= 0.3 is 0 Å². The average molecular weight is 311 g/mol. The van der Waals surface area contributed by atoms with Crippen molar-refractivity contribution in [1.82, 2.24) is 0 Å². The number of hydrogen-bond acceptors (Lipinski definition) is 3. The highest BCUT2D eigenvalue weighted by Crippen LogP contribution is 2.27. The van der Waals surface area contributed by atoms with Gasteiger partial charge in [0.1, 0.15) is 18.1 Å². The normalized spacial score (nSPS) is 16.4. The fourth-order valence-electron chi connectivity index (χ4n) is 2.63. The Balaban J connectivity index is 1.61. The van der Waals surface area contributed by atoms with Gasteiger partial charge in [0.05, 0.1) is 12.0 Å². The lowest BCUT2D eigenvalue weighted by atomic mass is 9.96. The average Bonchev–Trinajstić information content (AvgIpc) is 2.55. The molecule has 2 aromatic carbocycles. The van der Waals surface area contributed by atoms with Crippen molar-refractivity contribution in [2.24, 2.45) is 5.92 Å². The molecule has 2 aromatic rings. The first kappa shape index (κ1) is 15.4. The summed E-state index contributed by atoms with van der Waals surface area (Å²) < 4.78 is 11.3. The molecular weight excluding hydrogens is 290 g/mol. The van der Waals surface area contributed by atoms with E-state index < -0.39 is 0 Å². The van der Waals surface area contributed by atoms with Crippen molar-refractivity contribution in [3.63, 3.8) is 0 Å². The summed E-state index contributed by atoms with van der Waals surface area (Å²) in [5, 5.41) is 2.95. The molecule has 1 atom stereocenters. The molecule has 0 aliphatic carbocycles. The quantitative estimate of drug-likeness (QED) is 0.937. The molecule has 0 aromatic heterocycles. The zero-order valence-electron chi connectivity index (χ0n) is 13.4. The molecule has 3 rings (SSSR count).